The summed E-state index contributed by atoms with van der Waals surface area (Å²) in [7, 11) is 3.87. The molecule has 6 heteroatoms. The smallest absolute Gasteiger partial charge is 0.300 e. The Morgan fingerprint density at radius 2 is 1.71 bits per heavy atom. The lowest BCUT2D eigenvalue weighted by atomic mass is 9.92. The molecule has 0 aliphatic carbocycles. The minimum atomic E-state index is -0.762. The summed E-state index contributed by atoms with van der Waals surface area (Å²) in [6.07, 6.45) is 0.848. The molecule has 35 heavy (non-hydrogen) atoms. The first kappa shape index (κ1) is 24.1. The van der Waals surface area contributed by atoms with Crippen LogP contribution >= 0.6 is 0 Å². The summed E-state index contributed by atoms with van der Waals surface area (Å²) < 4.78 is 5.71. The molecule has 6 nitrogen and oxygen atoms in total. The molecule has 1 unspecified atom stereocenters. The molecular weight excluding hydrogens is 440 g/mol. The van der Waals surface area contributed by atoms with E-state index < -0.39 is 17.7 Å². The average Bonchev–Trinajstić information content (AvgIpc) is 3.12. The van der Waals surface area contributed by atoms with E-state index in [-0.39, 0.29) is 11.3 Å². The number of hydrogen-bond acceptors (Lipinski definition) is 5. The van der Waals surface area contributed by atoms with E-state index in [1.165, 1.54) is 4.90 Å². The van der Waals surface area contributed by atoms with Gasteiger partial charge in [-0.05, 0) is 60.9 Å². The number of aliphatic hydroxyl groups excluding tert-OH is 1. The highest BCUT2D eigenvalue weighted by Crippen LogP contribution is 2.43. The quantitative estimate of drug-likeness (QED) is 0.281. The predicted octanol–water partition coefficient (Wildman–Crippen LogP) is 5.48. The maximum atomic E-state index is 13.4. The Labute approximate surface area is 206 Å². The van der Waals surface area contributed by atoms with Gasteiger partial charge < -0.3 is 14.7 Å². The first-order valence-corrected chi connectivity index (χ1v) is 11.7. The van der Waals surface area contributed by atoms with Gasteiger partial charge in [0.05, 0.1) is 18.2 Å². The maximum absolute atomic E-state index is 13.4. The summed E-state index contributed by atoms with van der Waals surface area (Å²) in [4.78, 5) is 30.2. The Bertz CT molecular complexity index is 1280. The van der Waals surface area contributed by atoms with Gasteiger partial charge in [-0.3, -0.25) is 14.5 Å². The molecule has 0 spiro atoms. The largest absolute Gasteiger partial charge is 0.507 e. The van der Waals surface area contributed by atoms with E-state index in [9.17, 15) is 14.7 Å². The van der Waals surface area contributed by atoms with Crippen molar-refractivity contribution in [1.82, 2.24) is 0 Å². The first-order valence-electron chi connectivity index (χ1n) is 11.7. The molecule has 1 N–H and O–H groups in total. The second-order valence-electron chi connectivity index (χ2n) is 8.81. The Kier molecular flexibility index (Phi) is 6.92. The summed E-state index contributed by atoms with van der Waals surface area (Å²) in [5, 5.41) is 11.4. The molecule has 1 aliphatic heterocycles. The van der Waals surface area contributed by atoms with Gasteiger partial charge in [0.1, 0.15) is 11.5 Å². The second kappa shape index (κ2) is 10.1. The van der Waals surface area contributed by atoms with Crippen LogP contribution in [0.25, 0.3) is 5.76 Å². The molecule has 3 aromatic carbocycles. The number of ether oxygens (including phenoxy) is 1. The van der Waals surface area contributed by atoms with E-state index in [1.54, 1.807) is 24.3 Å². The van der Waals surface area contributed by atoms with Crippen molar-refractivity contribution >= 4 is 28.8 Å². The number of Topliss-reactive ketones (excluding diaryl/α,β-unsaturated/α-hetero) is 1. The van der Waals surface area contributed by atoms with E-state index in [0.717, 1.165) is 23.2 Å². The zero-order valence-electron chi connectivity index (χ0n) is 20.5. The van der Waals surface area contributed by atoms with Crippen molar-refractivity contribution in [2.24, 2.45) is 0 Å². The molecule has 0 aromatic heterocycles. The summed E-state index contributed by atoms with van der Waals surface area (Å²) in [6, 6.07) is 21.3. The summed E-state index contributed by atoms with van der Waals surface area (Å²) in [6.45, 7) is 4.49. The van der Waals surface area contributed by atoms with E-state index in [4.69, 9.17) is 4.74 Å². The van der Waals surface area contributed by atoms with Crippen molar-refractivity contribution in [3.8, 4) is 5.75 Å². The number of rotatable bonds is 7. The first-order chi connectivity index (χ1) is 16.8. The van der Waals surface area contributed by atoms with Crippen LogP contribution in [0.15, 0.2) is 78.4 Å². The van der Waals surface area contributed by atoms with Gasteiger partial charge in [0.2, 0.25) is 0 Å². The molecule has 1 fully saturated rings. The zero-order valence-corrected chi connectivity index (χ0v) is 20.5. The monoisotopic (exact) mass is 470 g/mol. The van der Waals surface area contributed by atoms with E-state index in [0.29, 0.717) is 23.6 Å². The average molecular weight is 471 g/mol. The fourth-order valence-corrected chi connectivity index (χ4v) is 4.31. The lowest BCUT2D eigenvalue weighted by Gasteiger charge is -2.27. The van der Waals surface area contributed by atoms with Gasteiger partial charge in [-0.1, -0.05) is 43.3 Å². The standard InChI is InChI=1S/C29H30N2O4/c1-5-17-35-23-11-8-10-20(18-23)27(32)25-26(24-12-7-6-9-19(24)2)31(29(34)28(25)33)22-15-13-21(14-16-22)30(3)4/h6-16,18,26,32H,5,17H2,1-4H3/b27-25+. The highest BCUT2D eigenvalue weighted by Gasteiger charge is 2.47. The van der Waals surface area contributed by atoms with Crippen molar-refractivity contribution in [3.05, 3.63) is 95.1 Å². The topological polar surface area (TPSA) is 70.1 Å². The van der Waals surface area contributed by atoms with Gasteiger partial charge in [-0.25, -0.2) is 0 Å². The summed E-state index contributed by atoms with van der Waals surface area (Å²) in [5.74, 6) is -1.01. The fraction of sp³-hybridized carbons (Fsp3) is 0.241. The number of benzene rings is 3. The Hall–Kier alpha value is -4.06. The third-order valence-corrected chi connectivity index (χ3v) is 6.15. The number of nitrogens with zero attached hydrogens (tertiary/aromatic N) is 2. The van der Waals surface area contributed by atoms with Crippen LogP contribution in [0.3, 0.4) is 0 Å². The molecule has 1 aliphatic rings. The number of ketones is 1. The molecule has 0 bridgehead atoms. The second-order valence-corrected chi connectivity index (χ2v) is 8.81. The van der Waals surface area contributed by atoms with Crippen molar-refractivity contribution in [1.29, 1.82) is 0 Å². The van der Waals surface area contributed by atoms with Gasteiger partial charge in [0.25, 0.3) is 11.7 Å². The third kappa shape index (κ3) is 4.64. The van der Waals surface area contributed by atoms with Gasteiger partial charge in [-0.15, -0.1) is 0 Å². The SMILES string of the molecule is CCCOc1cccc(/C(O)=C2\C(=O)C(=O)N(c3ccc(N(C)C)cc3)C2c2ccccc2C)c1. The van der Waals surface area contributed by atoms with Gasteiger partial charge in [0, 0.05) is 31.0 Å². The molecule has 0 saturated carbocycles. The van der Waals surface area contributed by atoms with Crippen LogP contribution in [-0.2, 0) is 9.59 Å². The molecule has 1 heterocycles. The lowest BCUT2D eigenvalue weighted by molar-refractivity contribution is -0.132. The number of amides is 1. The highest BCUT2D eigenvalue weighted by molar-refractivity contribution is 6.51. The molecule has 0 radical (unpaired) electrons. The normalized spacial score (nSPS) is 17.0. The third-order valence-electron chi connectivity index (χ3n) is 6.15. The molecule has 180 valence electrons. The molecule has 1 saturated heterocycles. The van der Waals surface area contributed by atoms with E-state index in [2.05, 4.69) is 0 Å². The van der Waals surface area contributed by atoms with Crippen LogP contribution in [0.1, 0.15) is 36.1 Å². The fourth-order valence-electron chi connectivity index (χ4n) is 4.31. The van der Waals surface area contributed by atoms with E-state index in [1.807, 2.05) is 81.4 Å². The molecule has 3 aromatic rings. The predicted molar refractivity (Wildman–Crippen MR) is 139 cm³/mol. The van der Waals surface area contributed by atoms with E-state index >= 15 is 0 Å². The zero-order chi connectivity index (χ0) is 25.1. The minimum absolute atomic E-state index is 0.0635. The number of carbonyl (C=O) groups excluding carboxylic acids is 2. The highest BCUT2D eigenvalue weighted by atomic mass is 16.5. The van der Waals surface area contributed by atoms with Crippen molar-refractivity contribution in [2.75, 3.05) is 30.5 Å². The molecule has 4 rings (SSSR count). The number of aryl methyl sites for hydroxylation is 1. The number of anilines is 2. The van der Waals surface area contributed by atoms with Crippen LogP contribution in [0.5, 0.6) is 5.75 Å². The van der Waals surface area contributed by atoms with Gasteiger partial charge in [-0.2, -0.15) is 0 Å². The molecule has 1 amide bonds. The number of carbonyl (C=O) groups is 2. The lowest BCUT2D eigenvalue weighted by Crippen LogP contribution is -2.29. The van der Waals surface area contributed by atoms with Gasteiger partial charge >= 0.3 is 0 Å². The van der Waals surface area contributed by atoms with Crippen LogP contribution < -0.4 is 14.5 Å². The Balaban J connectivity index is 1.88. The van der Waals surface area contributed by atoms with Crippen LogP contribution in [0, 0.1) is 6.92 Å². The minimum Gasteiger partial charge on any atom is -0.507 e. The van der Waals surface area contributed by atoms with Crippen LogP contribution in [0.4, 0.5) is 11.4 Å². The van der Waals surface area contributed by atoms with Crippen molar-refractivity contribution in [3.63, 3.8) is 0 Å². The molecule has 1 atom stereocenters. The van der Waals surface area contributed by atoms with Gasteiger partial charge in [0.15, 0.2) is 0 Å². The summed E-state index contributed by atoms with van der Waals surface area (Å²) >= 11 is 0. The molecular formula is C29H30N2O4. The van der Waals surface area contributed by atoms with Crippen LogP contribution in [-0.4, -0.2) is 37.5 Å². The number of aliphatic hydroxyl groups is 1. The van der Waals surface area contributed by atoms with Crippen LogP contribution in [0.2, 0.25) is 0 Å². The van der Waals surface area contributed by atoms with Crippen molar-refractivity contribution < 1.29 is 19.4 Å². The Morgan fingerprint density at radius 3 is 2.37 bits per heavy atom. The van der Waals surface area contributed by atoms with Crippen molar-refractivity contribution in [2.45, 2.75) is 26.3 Å². The Morgan fingerprint density at radius 1 is 1.00 bits per heavy atom. The summed E-state index contributed by atoms with van der Waals surface area (Å²) in [5.41, 5.74) is 3.75. The maximum Gasteiger partial charge on any atom is 0.300 e. The number of hydrogen-bond donors (Lipinski definition) is 1.